The molecule has 3 unspecified atom stereocenters. The van der Waals surface area contributed by atoms with E-state index in [0.717, 1.165) is 25.7 Å². The molecule has 1 aliphatic carbocycles. The van der Waals surface area contributed by atoms with Crippen LogP contribution in [0.1, 0.15) is 87.0 Å². The number of carbonyl (C=O) groups is 2. The number of esters is 2. The smallest absolute Gasteiger partial charge is 0.312 e. The van der Waals surface area contributed by atoms with E-state index in [-0.39, 0.29) is 23.3 Å². The monoisotopic (exact) mass is 368 g/mol. The lowest BCUT2D eigenvalue weighted by molar-refractivity contribution is -0.172. The van der Waals surface area contributed by atoms with E-state index < -0.39 is 5.41 Å². The molecule has 4 nitrogen and oxygen atoms in total. The van der Waals surface area contributed by atoms with Gasteiger partial charge in [0.05, 0.1) is 24.5 Å². The highest BCUT2D eigenvalue weighted by atomic mass is 16.5. The average Bonchev–Trinajstić information content (AvgIpc) is 2.50. The van der Waals surface area contributed by atoms with Crippen molar-refractivity contribution in [2.24, 2.45) is 28.6 Å². The fraction of sp³-hybridized carbons (Fsp3) is 0.909. The minimum absolute atomic E-state index is 0.225. The maximum absolute atomic E-state index is 12.7. The first-order valence-corrected chi connectivity index (χ1v) is 10.3. The first kappa shape index (κ1) is 23.0. The molecule has 152 valence electrons. The molecule has 0 aromatic heterocycles. The van der Waals surface area contributed by atoms with Crippen molar-refractivity contribution in [2.45, 2.75) is 87.0 Å². The van der Waals surface area contributed by atoms with Crippen molar-refractivity contribution in [3.63, 3.8) is 0 Å². The summed E-state index contributed by atoms with van der Waals surface area (Å²) in [7, 11) is 0. The van der Waals surface area contributed by atoms with E-state index in [2.05, 4.69) is 27.7 Å². The zero-order valence-corrected chi connectivity index (χ0v) is 18.0. The van der Waals surface area contributed by atoms with Crippen LogP contribution in [0.2, 0.25) is 0 Å². The largest absolute Gasteiger partial charge is 0.465 e. The summed E-state index contributed by atoms with van der Waals surface area (Å²) in [4.78, 5) is 25.3. The van der Waals surface area contributed by atoms with Gasteiger partial charge in [0.15, 0.2) is 0 Å². The molecule has 0 radical (unpaired) electrons. The molecule has 0 aliphatic heterocycles. The number of ether oxygens (including phenoxy) is 2. The van der Waals surface area contributed by atoms with E-state index in [1.165, 1.54) is 0 Å². The van der Waals surface area contributed by atoms with Gasteiger partial charge < -0.3 is 9.47 Å². The Morgan fingerprint density at radius 2 is 1.77 bits per heavy atom. The van der Waals surface area contributed by atoms with Gasteiger partial charge in [0.25, 0.3) is 0 Å². The molecule has 0 N–H and O–H groups in total. The lowest BCUT2D eigenvalue weighted by Gasteiger charge is -2.37. The highest BCUT2D eigenvalue weighted by Crippen LogP contribution is 2.43. The Balaban J connectivity index is 2.59. The molecule has 0 saturated heterocycles. The van der Waals surface area contributed by atoms with Gasteiger partial charge in [-0.3, -0.25) is 9.59 Å². The SMILES string of the molecule is CC(C)COC(=O)C1(C)CCCCC1C(=O)OCCC(C)CC(C)(C)C. The Kier molecular flexibility index (Phi) is 8.62. The van der Waals surface area contributed by atoms with Gasteiger partial charge in [-0.05, 0) is 49.9 Å². The van der Waals surface area contributed by atoms with Crippen LogP contribution in [-0.4, -0.2) is 25.2 Å². The lowest BCUT2D eigenvalue weighted by atomic mass is 9.67. The number of rotatable bonds is 8. The predicted octanol–water partition coefficient (Wildman–Crippen LogP) is 5.39. The molecule has 0 aromatic rings. The summed E-state index contributed by atoms with van der Waals surface area (Å²) in [5.41, 5.74) is -0.465. The van der Waals surface area contributed by atoms with Crippen molar-refractivity contribution < 1.29 is 19.1 Å². The molecule has 0 aromatic carbocycles. The average molecular weight is 369 g/mol. The Morgan fingerprint density at radius 3 is 2.35 bits per heavy atom. The summed E-state index contributed by atoms with van der Waals surface area (Å²) in [6.07, 6.45) is 5.30. The lowest BCUT2D eigenvalue weighted by Crippen LogP contribution is -2.44. The second-order valence-corrected chi connectivity index (χ2v) is 10.0. The van der Waals surface area contributed by atoms with Crippen molar-refractivity contribution >= 4 is 11.9 Å². The molecule has 3 atom stereocenters. The highest BCUT2D eigenvalue weighted by Gasteiger charge is 2.48. The van der Waals surface area contributed by atoms with E-state index in [9.17, 15) is 9.59 Å². The molecule has 26 heavy (non-hydrogen) atoms. The maximum Gasteiger partial charge on any atom is 0.312 e. The summed E-state index contributed by atoms with van der Waals surface area (Å²) in [6.45, 7) is 15.6. The van der Waals surface area contributed by atoms with Crippen molar-refractivity contribution in [3.8, 4) is 0 Å². The number of hydrogen-bond acceptors (Lipinski definition) is 4. The first-order valence-electron chi connectivity index (χ1n) is 10.3. The van der Waals surface area contributed by atoms with E-state index >= 15 is 0 Å². The Morgan fingerprint density at radius 1 is 1.12 bits per heavy atom. The van der Waals surface area contributed by atoms with Gasteiger partial charge in [-0.15, -0.1) is 0 Å². The second kappa shape index (κ2) is 9.75. The number of hydrogen-bond donors (Lipinski definition) is 0. The third-order valence-corrected chi connectivity index (χ3v) is 5.32. The maximum atomic E-state index is 12.7. The van der Waals surface area contributed by atoms with Crippen molar-refractivity contribution in [3.05, 3.63) is 0 Å². The standard InChI is InChI=1S/C22H40O4/c1-16(2)15-26-20(24)22(7)12-9-8-10-18(22)19(23)25-13-11-17(3)14-21(4,5)6/h16-18H,8-15H2,1-7H3. The zero-order chi connectivity index (χ0) is 20.0. The molecule has 0 heterocycles. The minimum Gasteiger partial charge on any atom is -0.465 e. The third kappa shape index (κ3) is 7.28. The van der Waals surface area contributed by atoms with Crippen LogP contribution in [0.4, 0.5) is 0 Å². The van der Waals surface area contributed by atoms with Crippen LogP contribution in [0, 0.1) is 28.6 Å². The van der Waals surface area contributed by atoms with E-state index in [1.807, 2.05) is 20.8 Å². The van der Waals surface area contributed by atoms with Gasteiger partial charge in [-0.1, -0.05) is 54.4 Å². The molecular formula is C22H40O4. The van der Waals surface area contributed by atoms with E-state index in [4.69, 9.17) is 9.47 Å². The molecule has 1 fully saturated rings. The molecule has 1 aliphatic rings. The summed E-state index contributed by atoms with van der Waals surface area (Å²) in [5.74, 6) is -0.0446. The summed E-state index contributed by atoms with van der Waals surface area (Å²) in [6, 6.07) is 0. The van der Waals surface area contributed by atoms with Gasteiger partial charge in [0.2, 0.25) is 0 Å². The molecule has 0 spiro atoms. The molecule has 4 heteroatoms. The van der Waals surface area contributed by atoms with Gasteiger partial charge in [0.1, 0.15) is 0 Å². The number of carbonyl (C=O) groups excluding carboxylic acids is 2. The fourth-order valence-electron chi connectivity index (χ4n) is 3.97. The van der Waals surface area contributed by atoms with Crippen LogP contribution in [0.25, 0.3) is 0 Å². The Labute approximate surface area is 160 Å². The van der Waals surface area contributed by atoms with Crippen LogP contribution in [0.5, 0.6) is 0 Å². The molecule has 0 amide bonds. The van der Waals surface area contributed by atoms with Crippen molar-refractivity contribution in [1.82, 2.24) is 0 Å². The quantitative estimate of drug-likeness (QED) is 0.539. The Bertz CT molecular complexity index is 463. The van der Waals surface area contributed by atoms with Crippen LogP contribution < -0.4 is 0 Å². The molecular weight excluding hydrogens is 328 g/mol. The van der Waals surface area contributed by atoms with Gasteiger partial charge in [-0.25, -0.2) is 0 Å². The third-order valence-electron chi connectivity index (χ3n) is 5.32. The second-order valence-electron chi connectivity index (χ2n) is 10.0. The molecule has 1 rings (SSSR count). The van der Waals surface area contributed by atoms with Crippen LogP contribution >= 0.6 is 0 Å². The molecule has 0 bridgehead atoms. The Hall–Kier alpha value is -1.06. The van der Waals surface area contributed by atoms with Crippen molar-refractivity contribution in [1.29, 1.82) is 0 Å². The van der Waals surface area contributed by atoms with Crippen LogP contribution in [0.15, 0.2) is 0 Å². The van der Waals surface area contributed by atoms with Crippen LogP contribution in [-0.2, 0) is 19.1 Å². The van der Waals surface area contributed by atoms with Crippen LogP contribution in [0.3, 0.4) is 0 Å². The summed E-state index contributed by atoms with van der Waals surface area (Å²) in [5, 5.41) is 0. The minimum atomic E-state index is -0.749. The van der Waals surface area contributed by atoms with Gasteiger partial charge in [0, 0.05) is 0 Å². The fourth-order valence-corrected chi connectivity index (χ4v) is 3.97. The predicted molar refractivity (Wildman–Crippen MR) is 105 cm³/mol. The van der Waals surface area contributed by atoms with Gasteiger partial charge >= 0.3 is 11.9 Å². The summed E-state index contributed by atoms with van der Waals surface area (Å²) < 4.78 is 11.1. The van der Waals surface area contributed by atoms with Crippen molar-refractivity contribution in [2.75, 3.05) is 13.2 Å². The normalized spacial score (nSPS) is 25.0. The van der Waals surface area contributed by atoms with E-state index in [1.54, 1.807) is 0 Å². The van der Waals surface area contributed by atoms with E-state index in [0.29, 0.717) is 37.9 Å². The molecule has 1 saturated carbocycles. The first-order chi connectivity index (χ1) is 12.0. The topological polar surface area (TPSA) is 52.6 Å². The van der Waals surface area contributed by atoms with Gasteiger partial charge in [-0.2, -0.15) is 0 Å². The highest BCUT2D eigenvalue weighted by molar-refractivity contribution is 5.85. The zero-order valence-electron chi connectivity index (χ0n) is 18.0. The summed E-state index contributed by atoms with van der Waals surface area (Å²) >= 11 is 0.